The van der Waals surface area contributed by atoms with Crippen LogP contribution in [-0.2, 0) is 4.74 Å². The Kier molecular flexibility index (Phi) is 4.09. The molecule has 1 aromatic heterocycles. The van der Waals surface area contributed by atoms with Gasteiger partial charge < -0.3 is 10.1 Å². The first-order valence-corrected chi connectivity index (χ1v) is 5.69. The minimum Gasteiger partial charge on any atom is -0.383 e. The number of hydrogen-bond acceptors (Lipinski definition) is 3. The minimum atomic E-state index is -0.193. The molecule has 1 heterocycles. The number of ether oxygens (including phenoxy) is 1. The first kappa shape index (κ1) is 12.3. The van der Waals surface area contributed by atoms with E-state index in [-0.39, 0.29) is 5.91 Å². The molecule has 0 bridgehead atoms. The molecule has 2 aromatic rings. The Morgan fingerprint density at radius 2 is 2.11 bits per heavy atom. The molecular weight excluding hydrogens is 230 g/mol. The third-order valence-corrected chi connectivity index (χ3v) is 2.43. The first-order valence-electron chi connectivity index (χ1n) is 5.69. The standard InChI is InChI=1S/C13H15N3O2/c1-18-10-8-14-13(17)12-7-9-16(15-12)11-5-3-2-4-6-11/h2-7,9H,8,10H2,1H3,(H,14,17). The highest BCUT2D eigenvalue weighted by Gasteiger charge is 2.08. The third-order valence-electron chi connectivity index (χ3n) is 2.43. The van der Waals surface area contributed by atoms with Crippen LogP contribution in [-0.4, -0.2) is 35.9 Å². The van der Waals surface area contributed by atoms with Crippen molar-refractivity contribution < 1.29 is 9.53 Å². The van der Waals surface area contributed by atoms with Crippen LogP contribution in [0.5, 0.6) is 0 Å². The molecule has 1 N–H and O–H groups in total. The van der Waals surface area contributed by atoms with Crippen molar-refractivity contribution in [3.63, 3.8) is 0 Å². The molecule has 2 rings (SSSR count). The Hall–Kier alpha value is -2.14. The van der Waals surface area contributed by atoms with Crippen LogP contribution in [0.4, 0.5) is 0 Å². The normalized spacial score (nSPS) is 10.3. The molecule has 0 aliphatic heterocycles. The Bertz CT molecular complexity index is 508. The summed E-state index contributed by atoms with van der Waals surface area (Å²) in [5.74, 6) is -0.193. The maximum atomic E-state index is 11.7. The molecule has 5 nitrogen and oxygen atoms in total. The van der Waals surface area contributed by atoms with Crippen molar-refractivity contribution in [2.45, 2.75) is 0 Å². The van der Waals surface area contributed by atoms with E-state index in [1.54, 1.807) is 24.1 Å². The van der Waals surface area contributed by atoms with E-state index in [9.17, 15) is 4.79 Å². The van der Waals surface area contributed by atoms with Gasteiger partial charge in [-0.15, -0.1) is 0 Å². The number of amides is 1. The largest absolute Gasteiger partial charge is 0.383 e. The van der Waals surface area contributed by atoms with Gasteiger partial charge in [0.1, 0.15) is 0 Å². The Morgan fingerprint density at radius 3 is 2.83 bits per heavy atom. The molecule has 18 heavy (non-hydrogen) atoms. The highest BCUT2D eigenvalue weighted by Crippen LogP contribution is 2.06. The van der Waals surface area contributed by atoms with Gasteiger partial charge in [0.15, 0.2) is 5.69 Å². The van der Waals surface area contributed by atoms with Crippen LogP contribution in [0, 0.1) is 0 Å². The van der Waals surface area contributed by atoms with E-state index in [2.05, 4.69) is 10.4 Å². The number of rotatable bonds is 5. The van der Waals surface area contributed by atoms with Crippen LogP contribution >= 0.6 is 0 Å². The van der Waals surface area contributed by atoms with Gasteiger partial charge in [0.2, 0.25) is 0 Å². The molecule has 0 fully saturated rings. The summed E-state index contributed by atoms with van der Waals surface area (Å²) >= 11 is 0. The van der Waals surface area contributed by atoms with Crippen LogP contribution in [0.1, 0.15) is 10.5 Å². The van der Waals surface area contributed by atoms with Crippen molar-refractivity contribution in [3.8, 4) is 5.69 Å². The fourth-order valence-electron chi connectivity index (χ4n) is 1.53. The second-order valence-corrected chi connectivity index (χ2v) is 3.73. The molecule has 0 aliphatic carbocycles. The lowest BCUT2D eigenvalue weighted by atomic mass is 10.3. The number of aromatic nitrogens is 2. The van der Waals surface area contributed by atoms with Crippen LogP contribution < -0.4 is 5.32 Å². The smallest absolute Gasteiger partial charge is 0.271 e. The highest BCUT2D eigenvalue weighted by atomic mass is 16.5. The fourth-order valence-corrected chi connectivity index (χ4v) is 1.53. The van der Waals surface area contributed by atoms with Gasteiger partial charge in [-0.3, -0.25) is 4.79 Å². The number of nitrogens with one attached hydrogen (secondary N) is 1. The number of para-hydroxylation sites is 1. The number of benzene rings is 1. The zero-order valence-electron chi connectivity index (χ0n) is 10.2. The molecule has 1 aromatic carbocycles. The molecule has 0 spiro atoms. The lowest BCUT2D eigenvalue weighted by Crippen LogP contribution is -2.27. The topological polar surface area (TPSA) is 56.1 Å². The summed E-state index contributed by atoms with van der Waals surface area (Å²) in [5.41, 5.74) is 1.32. The Morgan fingerprint density at radius 1 is 1.33 bits per heavy atom. The average molecular weight is 245 g/mol. The molecule has 0 aliphatic rings. The van der Waals surface area contributed by atoms with Gasteiger partial charge in [-0.2, -0.15) is 5.10 Å². The summed E-state index contributed by atoms with van der Waals surface area (Å²) in [5, 5.41) is 6.95. The molecule has 94 valence electrons. The number of nitrogens with zero attached hydrogens (tertiary/aromatic N) is 2. The van der Waals surface area contributed by atoms with Gasteiger partial charge in [0.05, 0.1) is 12.3 Å². The molecule has 0 radical (unpaired) electrons. The van der Waals surface area contributed by atoms with Gasteiger partial charge in [-0.05, 0) is 18.2 Å². The molecule has 0 atom stereocenters. The predicted octanol–water partition coefficient (Wildman–Crippen LogP) is 1.25. The summed E-state index contributed by atoms with van der Waals surface area (Å²) in [6, 6.07) is 11.3. The second-order valence-electron chi connectivity index (χ2n) is 3.73. The van der Waals surface area contributed by atoms with Crippen molar-refractivity contribution >= 4 is 5.91 Å². The predicted molar refractivity (Wildman–Crippen MR) is 67.8 cm³/mol. The van der Waals surface area contributed by atoms with Crippen molar-refractivity contribution in [1.29, 1.82) is 0 Å². The van der Waals surface area contributed by atoms with Gasteiger partial charge in [0, 0.05) is 19.9 Å². The number of carbonyl (C=O) groups is 1. The maximum Gasteiger partial charge on any atom is 0.271 e. The highest BCUT2D eigenvalue weighted by molar-refractivity contribution is 5.92. The van der Waals surface area contributed by atoms with Gasteiger partial charge in [-0.25, -0.2) is 4.68 Å². The van der Waals surface area contributed by atoms with Gasteiger partial charge in [-0.1, -0.05) is 18.2 Å². The summed E-state index contributed by atoms with van der Waals surface area (Å²) in [7, 11) is 1.59. The van der Waals surface area contributed by atoms with E-state index < -0.39 is 0 Å². The zero-order valence-corrected chi connectivity index (χ0v) is 10.2. The van der Waals surface area contributed by atoms with Crippen LogP contribution in [0.15, 0.2) is 42.6 Å². The van der Waals surface area contributed by atoms with Crippen LogP contribution in [0.25, 0.3) is 5.69 Å². The van der Waals surface area contributed by atoms with Crippen molar-refractivity contribution in [3.05, 3.63) is 48.3 Å². The Labute approximate surface area is 105 Å². The quantitative estimate of drug-likeness (QED) is 0.806. The molecule has 0 saturated carbocycles. The zero-order chi connectivity index (χ0) is 12.8. The molecule has 5 heteroatoms. The summed E-state index contributed by atoms with van der Waals surface area (Å²) < 4.78 is 6.53. The van der Waals surface area contributed by atoms with Crippen molar-refractivity contribution in [1.82, 2.24) is 15.1 Å². The van der Waals surface area contributed by atoms with E-state index >= 15 is 0 Å². The SMILES string of the molecule is COCCNC(=O)c1ccn(-c2ccccc2)n1. The fraction of sp³-hybridized carbons (Fsp3) is 0.231. The molecular formula is C13H15N3O2. The van der Waals surface area contributed by atoms with Crippen LogP contribution in [0.3, 0.4) is 0 Å². The van der Waals surface area contributed by atoms with E-state index in [4.69, 9.17) is 4.74 Å². The maximum absolute atomic E-state index is 11.7. The Balaban J connectivity index is 2.04. The molecule has 1 amide bonds. The summed E-state index contributed by atoms with van der Waals surface area (Å²) in [6.07, 6.45) is 1.76. The summed E-state index contributed by atoms with van der Waals surface area (Å²) in [6.45, 7) is 0.971. The molecule has 0 saturated heterocycles. The third kappa shape index (κ3) is 2.95. The van der Waals surface area contributed by atoms with Crippen molar-refractivity contribution in [2.75, 3.05) is 20.3 Å². The first-order chi connectivity index (χ1) is 8.81. The monoisotopic (exact) mass is 245 g/mol. The van der Waals surface area contributed by atoms with E-state index in [0.29, 0.717) is 18.8 Å². The second kappa shape index (κ2) is 5.97. The lowest BCUT2D eigenvalue weighted by Gasteiger charge is -2.02. The van der Waals surface area contributed by atoms with Gasteiger partial charge in [0.25, 0.3) is 5.91 Å². The number of carbonyl (C=O) groups excluding carboxylic acids is 1. The van der Waals surface area contributed by atoms with E-state index in [1.165, 1.54) is 0 Å². The average Bonchev–Trinajstić information content (AvgIpc) is 2.89. The van der Waals surface area contributed by atoms with Gasteiger partial charge >= 0.3 is 0 Å². The lowest BCUT2D eigenvalue weighted by molar-refractivity contribution is 0.0931. The van der Waals surface area contributed by atoms with E-state index in [1.807, 2.05) is 30.3 Å². The van der Waals surface area contributed by atoms with Crippen molar-refractivity contribution in [2.24, 2.45) is 0 Å². The van der Waals surface area contributed by atoms with E-state index in [0.717, 1.165) is 5.69 Å². The summed E-state index contributed by atoms with van der Waals surface area (Å²) in [4.78, 5) is 11.7. The minimum absolute atomic E-state index is 0.193. The molecule has 0 unspecified atom stereocenters. The number of hydrogen-bond donors (Lipinski definition) is 1. The number of methoxy groups -OCH3 is 1. The van der Waals surface area contributed by atoms with Crippen LogP contribution in [0.2, 0.25) is 0 Å².